The van der Waals surface area contributed by atoms with Gasteiger partial charge in [0.2, 0.25) is 0 Å². The Balaban J connectivity index is 2.35. The van der Waals surface area contributed by atoms with Crippen molar-refractivity contribution in [2.24, 2.45) is 0 Å². The molecule has 17 heavy (non-hydrogen) atoms. The number of carbonyl (C=O) groups excluding carboxylic acids is 1. The lowest BCUT2D eigenvalue weighted by molar-refractivity contribution is -0.255. The molecule has 0 aromatic heterocycles. The molecular weight excluding hydrogens is 249 g/mol. The molecule has 0 atom stereocenters. The Morgan fingerprint density at radius 1 is 1.41 bits per heavy atom. The van der Waals surface area contributed by atoms with Crippen LogP contribution < -0.4 is 10.0 Å². The third-order valence-electron chi connectivity index (χ3n) is 2.61. The van der Waals surface area contributed by atoms with Crippen molar-refractivity contribution in [3.63, 3.8) is 0 Å². The van der Waals surface area contributed by atoms with E-state index in [0.717, 1.165) is 6.07 Å². The van der Waals surface area contributed by atoms with Crippen LogP contribution in [0.25, 0.3) is 0 Å². The molecule has 0 amide bonds. The second-order valence-corrected chi connectivity index (χ2v) is 4.08. The molecule has 1 fully saturated rings. The lowest BCUT2D eigenvalue weighted by atomic mass is 10.1. The summed E-state index contributed by atoms with van der Waals surface area (Å²) in [5.74, 6) is -2.10. The van der Waals surface area contributed by atoms with Gasteiger partial charge in [0.05, 0.1) is 29.9 Å². The molecule has 4 nitrogen and oxygen atoms in total. The first-order valence-corrected chi connectivity index (χ1v) is 5.50. The van der Waals surface area contributed by atoms with E-state index in [9.17, 15) is 14.3 Å². The van der Waals surface area contributed by atoms with Crippen molar-refractivity contribution in [3.8, 4) is 0 Å². The van der Waals surface area contributed by atoms with E-state index < -0.39 is 11.8 Å². The SMILES string of the molecule is O=C([O-])c1cc(F)c(N2CCOCC2)cc1Cl. The molecule has 0 N–H and O–H groups in total. The number of halogens is 2. The fourth-order valence-electron chi connectivity index (χ4n) is 1.74. The molecule has 1 aliphatic rings. The Morgan fingerprint density at radius 3 is 2.65 bits per heavy atom. The zero-order valence-electron chi connectivity index (χ0n) is 8.91. The first-order valence-electron chi connectivity index (χ1n) is 5.12. The average molecular weight is 259 g/mol. The highest BCUT2D eigenvalue weighted by Gasteiger charge is 2.17. The smallest absolute Gasteiger partial charge is 0.147 e. The Hall–Kier alpha value is -1.33. The van der Waals surface area contributed by atoms with Gasteiger partial charge in [-0.1, -0.05) is 11.6 Å². The van der Waals surface area contributed by atoms with Crippen molar-refractivity contribution >= 4 is 23.3 Å². The molecule has 1 heterocycles. The molecule has 0 spiro atoms. The maximum absolute atomic E-state index is 13.7. The second-order valence-electron chi connectivity index (χ2n) is 3.67. The van der Waals surface area contributed by atoms with Crippen molar-refractivity contribution in [2.45, 2.75) is 0 Å². The van der Waals surface area contributed by atoms with Crippen molar-refractivity contribution in [3.05, 3.63) is 28.5 Å². The number of carboxylic acid groups (broad SMARTS) is 1. The number of carboxylic acids is 1. The molecule has 6 heteroatoms. The highest BCUT2D eigenvalue weighted by atomic mass is 35.5. The minimum Gasteiger partial charge on any atom is -0.545 e. The van der Waals surface area contributed by atoms with E-state index in [1.54, 1.807) is 4.90 Å². The summed E-state index contributed by atoms with van der Waals surface area (Å²) in [4.78, 5) is 12.4. The molecule has 1 saturated heterocycles. The second kappa shape index (κ2) is 4.89. The van der Waals surface area contributed by atoms with Crippen LogP contribution in [0.5, 0.6) is 0 Å². The summed E-state index contributed by atoms with van der Waals surface area (Å²) in [6.45, 7) is 2.13. The molecule has 1 aromatic carbocycles. The molecule has 0 radical (unpaired) electrons. The third kappa shape index (κ3) is 2.50. The van der Waals surface area contributed by atoms with Crippen molar-refractivity contribution < 1.29 is 19.0 Å². The van der Waals surface area contributed by atoms with Crippen molar-refractivity contribution in [1.82, 2.24) is 0 Å². The minimum absolute atomic E-state index is 0.0205. The number of carbonyl (C=O) groups is 1. The number of ether oxygens (including phenoxy) is 1. The van der Waals surface area contributed by atoms with E-state index in [1.807, 2.05) is 0 Å². The van der Waals surface area contributed by atoms with Gasteiger partial charge in [-0.2, -0.15) is 0 Å². The number of hydrogen-bond donors (Lipinski definition) is 0. The van der Waals surface area contributed by atoms with Crippen molar-refractivity contribution in [1.29, 1.82) is 0 Å². The van der Waals surface area contributed by atoms with Crippen LogP contribution in [0.3, 0.4) is 0 Å². The van der Waals surface area contributed by atoms with E-state index in [0.29, 0.717) is 32.0 Å². The first kappa shape index (κ1) is 12.1. The predicted octanol–water partition coefficient (Wildman–Crippen LogP) is 0.679. The Bertz CT molecular complexity index is 447. The largest absolute Gasteiger partial charge is 0.545 e. The summed E-state index contributed by atoms with van der Waals surface area (Å²) in [6, 6.07) is 2.20. The summed E-state index contributed by atoms with van der Waals surface area (Å²) in [7, 11) is 0. The molecule has 1 aliphatic heterocycles. The van der Waals surface area contributed by atoms with Crippen LogP contribution in [0, 0.1) is 5.82 Å². The zero-order chi connectivity index (χ0) is 12.4. The quantitative estimate of drug-likeness (QED) is 0.783. The van der Waals surface area contributed by atoms with Crippen LogP contribution in [0.1, 0.15) is 10.4 Å². The number of nitrogens with zero attached hydrogens (tertiary/aromatic N) is 1. The third-order valence-corrected chi connectivity index (χ3v) is 2.92. The van der Waals surface area contributed by atoms with E-state index in [-0.39, 0.29) is 10.6 Å². The number of hydrogen-bond acceptors (Lipinski definition) is 4. The van der Waals surface area contributed by atoms with Crippen LogP contribution in [-0.2, 0) is 4.74 Å². The molecule has 92 valence electrons. The number of benzene rings is 1. The average Bonchev–Trinajstić information content (AvgIpc) is 2.32. The van der Waals surface area contributed by atoms with Gasteiger partial charge in [0.1, 0.15) is 5.82 Å². The maximum Gasteiger partial charge on any atom is 0.147 e. The summed E-state index contributed by atoms with van der Waals surface area (Å²) in [5, 5.41) is 10.6. The number of aromatic carboxylic acids is 1. The molecule has 0 aliphatic carbocycles. The van der Waals surface area contributed by atoms with Gasteiger partial charge in [-0.05, 0) is 12.1 Å². The lowest BCUT2D eigenvalue weighted by Gasteiger charge is -2.29. The number of rotatable bonds is 2. The molecule has 0 bridgehead atoms. The Kier molecular flexibility index (Phi) is 3.49. The molecule has 0 saturated carbocycles. The van der Waals surface area contributed by atoms with E-state index >= 15 is 0 Å². The molecule has 1 aromatic rings. The maximum atomic E-state index is 13.7. The van der Waals surface area contributed by atoms with E-state index in [1.165, 1.54) is 6.07 Å². The summed E-state index contributed by atoms with van der Waals surface area (Å²) in [6.07, 6.45) is 0. The summed E-state index contributed by atoms with van der Waals surface area (Å²) in [5.41, 5.74) is -0.0375. The van der Waals surface area contributed by atoms with Crippen LogP contribution in [0.4, 0.5) is 10.1 Å². The van der Waals surface area contributed by atoms with Crippen LogP contribution in [-0.4, -0.2) is 32.3 Å². The standard InChI is InChI=1S/C11H11ClFNO3/c12-8-6-10(14-1-3-17-4-2-14)9(13)5-7(8)11(15)16/h5-6H,1-4H2,(H,15,16)/p-1. The summed E-state index contributed by atoms with van der Waals surface area (Å²) >= 11 is 5.77. The Morgan fingerprint density at radius 2 is 2.06 bits per heavy atom. The topological polar surface area (TPSA) is 52.6 Å². The van der Waals surface area contributed by atoms with Gasteiger partial charge >= 0.3 is 0 Å². The number of morpholine rings is 1. The summed E-state index contributed by atoms with van der Waals surface area (Å²) < 4.78 is 18.9. The normalized spacial score (nSPS) is 16.0. The highest BCUT2D eigenvalue weighted by molar-refractivity contribution is 6.33. The van der Waals surface area contributed by atoms with Gasteiger partial charge < -0.3 is 19.5 Å². The van der Waals surface area contributed by atoms with Gasteiger partial charge in [0.15, 0.2) is 0 Å². The van der Waals surface area contributed by atoms with Gasteiger partial charge in [-0.15, -0.1) is 0 Å². The van der Waals surface area contributed by atoms with Crippen LogP contribution >= 0.6 is 11.6 Å². The van der Waals surface area contributed by atoms with Crippen LogP contribution in [0.2, 0.25) is 5.02 Å². The van der Waals surface area contributed by atoms with E-state index in [2.05, 4.69) is 0 Å². The molecule has 0 unspecified atom stereocenters. The highest BCUT2D eigenvalue weighted by Crippen LogP contribution is 2.27. The van der Waals surface area contributed by atoms with Gasteiger partial charge in [0.25, 0.3) is 0 Å². The first-order chi connectivity index (χ1) is 8.09. The number of anilines is 1. The monoisotopic (exact) mass is 258 g/mol. The molecular formula is C11H10ClFNO3-. The Labute approximate surface area is 103 Å². The fourth-order valence-corrected chi connectivity index (χ4v) is 1.97. The minimum atomic E-state index is -1.48. The van der Waals surface area contributed by atoms with Crippen molar-refractivity contribution in [2.75, 3.05) is 31.2 Å². The predicted molar refractivity (Wildman–Crippen MR) is 58.8 cm³/mol. The fraction of sp³-hybridized carbons (Fsp3) is 0.364. The van der Waals surface area contributed by atoms with Crippen LogP contribution in [0.15, 0.2) is 12.1 Å². The van der Waals surface area contributed by atoms with Gasteiger partial charge in [0, 0.05) is 18.7 Å². The molecule has 2 rings (SSSR count). The van der Waals surface area contributed by atoms with E-state index in [4.69, 9.17) is 16.3 Å². The van der Waals surface area contributed by atoms with Gasteiger partial charge in [-0.3, -0.25) is 0 Å². The lowest BCUT2D eigenvalue weighted by Crippen LogP contribution is -2.37. The van der Waals surface area contributed by atoms with Gasteiger partial charge in [-0.25, -0.2) is 4.39 Å². The zero-order valence-corrected chi connectivity index (χ0v) is 9.67.